The Morgan fingerprint density at radius 3 is 2.68 bits per heavy atom. The molecule has 19 heavy (non-hydrogen) atoms. The molecule has 3 atom stereocenters. The van der Waals surface area contributed by atoms with Crippen molar-refractivity contribution in [3.05, 3.63) is 23.4 Å². The van der Waals surface area contributed by atoms with E-state index >= 15 is 0 Å². The van der Waals surface area contributed by atoms with Gasteiger partial charge >= 0.3 is 5.97 Å². The Labute approximate surface area is 113 Å². The quantitative estimate of drug-likeness (QED) is 0.909. The maximum Gasteiger partial charge on any atom is 0.341 e. The van der Waals surface area contributed by atoms with Gasteiger partial charge in [-0.1, -0.05) is 13.8 Å². The van der Waals surface area contributed by atoms with Gasteiger partial charge < -0.3 is 9.84 Å². The van der Waals surface area contributed by atoms with E-state index in [1.165, 1.54) is 0 Å². The van der Waals surface area contributed by atoms with E-state index in [-0.39, 0.29) is 17.5 Å². The molecule has 1 aliphatic carbocycles. The highest BCUT2D eigenvalue weighted by molar-refractivity contribution is 5.90. The fraction of sp³-hybridized carbons (Fsp3) is 0.600. The minimum absolute atomic E-state index is 0.0820. The predicted octanol–water partition coefficient (Wildman–Crippen LogP) is 3.29. The second-order valence-corrected chi connectivity index (χ2v) is 5.62. The zero-order valence-electron chi connectivity index (χ0n) is 11.7. The minimum atomic E-state index is -0.986. The number of carboxylic acids is 1. The number of aromatic nitrogens is 1. The molecule has 2 rings (SSSR count). The molecule has 104 valence electrons. The van der Waals surface area contributed by atoms with Crippen molar-refractivity contribution in [2.45, 2.75) is 46.1 Å². The largest absolute Gasteiger partial charge is 0.477 e. The van der Waals surface area contributed by atoms with Crippen molar-refractivity contribution in [1.82, 2.24) is 4.98 Å². The maximum atomic E-state index is 11.2. The first-order valence-corrected chi connectivity index (χ1v) is 6.85. The molecule has 0 bridgehead atoms. The monoisotopic (exact) mass is 263 g/mol. The van der Waals surface area contributed by atoms with Gasteiger partial charge in [-0.2, -0.15) is 0 Å². The third kappa shape index (κ3) is 3.25. The smallest absolute Gasteiger partial charge is 0.341 e. The van der Waals surface area contributed by atoms with E-state index in [1.54, 1.807) is 12.1 Å². The second kappa shape index (κ2) is 5.59. The van der Waals surface area contributed by atoms with E-state index in [0.717, 1.165) is 25.0 Å². The van der Waals surface area contributed by atoms with Crippen LogP contribution >= 0.6 is 0 Å². The van der Waals surface area contributed by atoms with E-state index in [0.29, 0.717) is 11.8 Å². The molecule has 1 aromatic rings. The van der Waals surface area contributed by atoms with Crippen molar-refractivity contribution in [1.29, 1.82) is 0 Å². The van der Waals surface area contributed by atoms with Gasteiger partial charge in [-0.25, -0.2) is 9.78 Å². The molecule has 0 aromatic carbocycles. The number of nitrogens with zero attached hydrogens (tertiary/aromatic N) is 1. The molecular formula is C15H21NO3. The summed E-state index contributed by atoms with van der Waals surface area (Å²) in [5.41, 5.74) is 0.925. The topological polar surface area (TPSA) is 59.4 Å². The molecule has 1 fully saturated rings. The number of carboxylic acid groups (broad SMARTS) is 1. The summed E-state index contributed by atoms with van der Waals surface area (Å²) in [6.45, 7) is 6.32. The molecule has 1 aromatic heterocycles. The average Bonchev–Trinajstić information content (AvgIpc) is 2.33. The van der Waals surface area contributed by atoms with E-state index in [4.69, 9.17) is 9.84 Å². The summed E-state index contributed by atoms with van der Waals surface area (Å²) >= 11 is 0. The van der Waals surface area contributed by atoms with Crippen LogP contribution in [-0.2, 0) is 0 Å². The zero-order valence-corrected chi connectivity index (χ0v) is 11.7. The molecule has 3 unspecified atom stereocenters. The number of ether oxygens (including phenoxy) is 1. The van der Waals surface area contributed by atoms with Crippen molar-refractivity contribution in [2.24, 2.45) is 11.8 Å². The first-order valence-electron chi connectivity index (χ1n) is 6.85. The number of carbonyl (C=O) groups is 1. The van der Waals surface area contributed by atoms with E-state index < -0.39 is 5.97 Å². The number of rotatable bonds is 3. The lowest BCUT2D eigenvalue weighted by Gasteiger charge is -2.32. The van der Waals surface area contributed by atoms with Crippen LogP contribution in [0.1, 0.15) is 49.2 Å². The molecule has 1 aliphatic rings. The Kier molecular flexibility index (Phi) is 4.08. The number of aryl methyl sites for hydroxylation is 1. The van der Waals surface area contributed by atoms with Gasteiger partial charge in [-0.15, -0.1) is 0 Å². The molecular weight excluding hydrogens is 242 g/mol. The highest BCUT2D eigenvalue weighted by Crippen LogP contribution is 2.32. The van der Waals surface area contributed by atoms with Crippen LogP contribution in [0.2, 0.25) is 0 Å². The Morgan fingerprint density at radius 2 is 2.05 bits per heavy atom. The molecule has 0 saturated heterocycles. The standard InChI is InChI=1S/C15H21NO3/c1-9-4-6-12(8-10(9)2)19-14-13(15(17)18)7-5-11(3)16-14/h5,7,9-10,12H,4,6,8H2,1-3H3,(H,17,18). The molecule has 1 saturated carbocycles. The Balaban J connectivity index is 2.14. The van der Waals surface area contributed by atoms with Crippen molar-refractivity contribution in [3.63, 3.8) is 0 Å². The highest BCUT2D eigenvalue weighted by Gasteiger charge is 2.27. The number of hydrogen-bond donors (Lipinski definition) is 1. The summed E-state index contributed by atoms with van der Waals surface area (Å²) in [4.78, 5) is 15.4. The summed E-state index contributed by atoms with van der Waals surface area (Å²) in [6.07, 6.45) is 3.15. The van der Waals surface area contributed by atoms with Crippen LogP contribution in [0.3, 0.4) is 0 Å². The molecule has 0 radical (unpaired) electrons. The molecule has 1 N–H and O–H groups in total. The van der Waals surface area contributed by atoms with Gasteiger partial charge in [-0.05, 0) is 50.2 Å². The lowest BCUT2D eigenvalue weighted by atomic mass is 9.80. The average molecular weight is 263 g/mol. The van der Waals surface area contributed by atoms with Gasteiger partial charge in [0.1, 0.15) is 11.7 Å². The minimum Gasteiger partial charge on any atom is -0.477 e. The first kappa shape index (κ1) is 13.8. The molecule has 0 amide bonds. The van der Waals surface area contributed by atoms with Crippen LogP contribution in [0.25, 0.3) is 0 Å². The molecule has 0 spiro atoms. The van der Waals surface area contributed by atoms with Crippen LogP contribution in [0.15, 0.2) is 12.1 Å². The maximum absolute atomic E-state index is 11.2. The van der Waals surface area contributed by atoms with Gasteiger partial charge in [0.2, 0.25) is 5.88 Å². The van der Waals surface area contributed by atoms with Crippen LogP contribution in [-0.4, -0.2) is 22.2 Å². The second-order valence-electron chi connectivity index (χ2n) is 5.62. The number of aromatic carboxylic acids is 1. The lowest BCUT2D eigenvalue weighted by Crippen LogP contribution is -2.29. The van der Waals surface area contributed by atoms with Crippen LogP contribution in [0.4, 0.5) is 0 Å². The van der Waals surface area contributed by atoms with Crippen LogP contribution < -0.4 is 4.74 Å². The summed E-state index contributed by atoms with van der Waals surface area (Å²) in [5.74, 6) is 0.597. The van der Waals surface area contributed by atoms with Gasteiger partial charge in [0.05, 0.1) is 0 Å². The predicted molar refractivity (Wildman–Crippen MR) is 72.5 cm³/mol. The molecule has 4 heteroatoms. The van der Waals surface area contributed by atoms with Crippen molar-refractivity contribution in [2.75, 3.05) is 0 Å². The highest BCUT2D eigenvalue weighted by atomic mass is 16.5. The third-order valence-electron chi connectivity index (χ3n) is 4.06. The summed E-state index contributed by atoms with van der Waals surface area (Å²) in [6, 6.07) is 3.26. The zero-order chi connectivity index (χ0) is 14.0. The molecule has 1 heterocycles. The van der Waals surface area contributed by atoms with Crippen LogP contribution in [0.5, 0.6) is 5.88 Å². The first-order chi connectivity index (χ1) is 8.97. The van der Waals surface area contributed by atoms with Gasteiger partial charge in [0, 0.05) is 5.69 Å². The normalized spacial score (nSPS) is 27.0. The van der Waals surface area contributed by atoms with E-state index in [9.17, 15) is 4.79 Å². The Morgan fingerprint density at radius 1 is 1.32 bits per heavy atom. The van der Waals surface area contributed by atoms with Gasteiger partial charge in [0.15, 0.2) is 0 Å². The summed E-state index contributed by atoms with van der Waals surface area (Å²) < 4.78 is 5.86. The molecule has 0 aliphatic heterocycles. The lowest BCUT2D eigenvalue weighted by molar-refractivity contribution is 0.0670. The van der Waals surface area contributed by atoms with Crippen molar-refractivity contribution in [3.8, 4) is 5.88 Å². The Hall–Kier alpha value is -1.58. The van der Waals surface area contributed by atoms with E-state index in [2.05, 4.69) is 18.8 Å². The molecule has 4 nitrogen and oxygen atoms in total. The van der Waals surface area contributed by atoms with Crippen molar-refractivity contribution < 1.29 is 14.6 Å². The third-order valence-corrected chi connectivity index (χ3v) is 4.06. The van der Waals surface area contributed by atoms with Gasteiger partial charge in [0.25, 0.3) is 0 Å². The Bertz CT molecular complexity index is 472. The SMILES string of the molecule is Cc1ccc(C(=O)O)c(OC2CCC(C)C(C)C2)n1. The summed E-state index contributed by atoms with van der Waals surface area (Å²) in [7, 11) is 0. The summed E-state index contributed by atoms with van der Waals surface area (Å²) in [5, 5.41) is 9.16. The van der Waals surface area contributed by atoms with Crippen LogP contribution in [0, 0.1) is 18.8 Å². The van der Waals surface area contributed by atoms with E-state index in [1.807, 2.05) is 6.92 Å². The van der Waals surface area contributed by atoms with Crippen molar-refractivity contribution >= 4 is 5.97 Å². The van der Waals surface area contributed by atoms with Gasteiger partial charge in [-0.3, -0.25) is 0 Å². The fourth-order valence-corrected chi connectivity index (χ4v) is 2.55. The fourth-order valence-electron chi connectivity index (χ4n) is 2.55. The number of hydrogen-bond acceptors (Lipinski definition) is 3. The number of pyridine rings is 1.